The van der Waals surface area contributed by atoms with Crippen LogP contribution in [0.3, 0.4) is 0 Å². The molecule has 6 nitrogen and oxygen atoms in total. The Morgan fingerprint density at radius 3 is 2.71 bits per heavy atom. The van der Waals surface area contributed by atoms with Gasteiger partial charge < -0.3 is 4.57 Å². The highest BCUT2D eigenvalue weighted by Gasteiger charge is 2.30. The lowest BCUT2D eigenvalue weighted by Crippen LogP contribution is -2.39. The van der Waals surface area contributed by atoms with Crippen molar-refractivity contribution in [3.63, 3.8) is 0 Å². The zero-order chi connectivity index (χ0) is 17.2. The highest BCUT2D eigenvalue weighted by molar-refractivity contribution is 7.98. The molecule has 0 amide bonds. The van der Waals surface area contributed by atoms with Gasteiger partial charge in [0.2, 0.25) is 10.0 Å². The van der Waals surface area contributed by atoms with Crippen molar-refractivity contribution >= 4 is 21.8 Å². The van der Waals surface area contributed by atoms with Crippen molar-refractivity contribution in [2.24, 2.45) is 7.05 Å². The van der Waals surface area contributed by atoms with Crippen LogP contribution in [-0.2, 0) is 22.8 Å². The second-order valence-electron chi connectivity index (χ2n) is 6.13. The molecule has 1 aliphatic rings. The summed E-state index contributed by atoms with van der Waals surface area (Å²) >= 11 is 1.65. The number of thioether (sulfide) groups is 1. The van der Waals surface area contributed by atoms with Gasteiger partial charge in [-0.15, -0.1) is 10.2 Å². The average Bonchev–Trinajstić information content (AvgIpc) is 2.94. The summed E-state index contributed by atoms with van der Waals surface area (Å²) in [5, 5.41) is 9.51. The first-order valence-electron chi connectivity index (χ1n) is 7.96. The molecule has 24 heavy (non-hydrogen) atoms. The standard InChI is InChI=1S/C16H22N4O2S2/c1-19-15(14-9-6-10-20(11-14)24(2,21)22)17-18-16(19)23-12-13-7-4-3-5-8-13/h3-5,7-8,14H,6,9-12H2,1-2H3/t14-/m0/s1. The minimum atomic E-state index is -3.15. The summed E-state index contributed by atoms with van der Waals surface area (Å²) in [6.45, 7) is 1.09. The largest absolute Gasteiger partial charge is 0.309 e. The van der Waals surface area contributed by atoms with Gasteiger partial charge in [-0.25, -0.2) is 12.7 Å². The lowest BCUT2D eigenvalue weighted by atomic mass is 9.99. The molecule has 0 bridgehead atoms. The summed E-state index contributed by atoms with van der Waals surface area (Å²) in [5.41, 5.74) is 1.24. The zero-order valence-corrected chi connectivity index (χ0v) is 15.6. The van der Waals surface area contributed by atoms with E-state index in [-0.39, 0.29) is 5.92 Å². The molecule has 0 saturated carbocycles. The van der Waals surface area contributed by atoms with Gasteiger partial charge >= 0.3 is 0 Å². The van der Waals surface area contributed by atoms with Crippen molar-refractivity contribution in [1.82, 2.24) is 19.1 Å². The van der Waals surface area contributed by atoms with E-state index in [9.17, 15) is 8.42 Å². The third-order valence-electron chi connectivity index (χ3n) is 4.30. The van der Waals surface area contributed by atoms with Gasteiger partial charge in [0, 0.05) is 31.8 Å². The Balaban J connectivity index is 1.70. The number of hydrogen-bond acceptors (Lipinski definition) is 5. The summed E-state index contributed by atoms with van der Waals surface area (Å²) in [6.07, 6.45) is 3.08. The van der Waals surface area contributed by atoms with Crippen LogP contribution in [0.2, 0.25) is 0 Å². The summed E-state index contributed by atoms with van der Waals surface area (Å²) in [7, 11) is -1.19. The topological polar surface area (TPSA) is 68.1 Å². The Labute approximate surface area is 147 Å². The van der Waals surface area contributed by atoms with Crippen molar-refractivity contribution in [3.05, 3.63) is 41.7 Å². The number of rotatable bonds is 5. The maximum absolute atomic E-state index is 11.8. The quantitative estimate of drug-likeness (QED) is 0.759. The van der Waals surface area contributed by atoms with Crippen LogP contribution in [0, 0.1) is 0 Å². The second-order valence-corrected chi connectivity index (χ2v) is 9.06. The molecule has 2 heterocycles. The van der Waals surface area contributed by atoms with E-state index >= 15 is 0 Å². The highest BCUT2D eigenvalue weighted by Crippen LogP contribution is 2.29. The van der Waals surface area contributed by atoms with E-state index in [1.165, 1.54) is 11.8 Å². The Morgan fingerprint density at radius 2 is 2.00 bits per heavy atom. The van der Waals surface area contributed by atoms with Crippen molar-refractivity contribution in [3.8, 4) is 0 Å². The molecule has 1 aromatic carbocycles. The fraction of sp³-hybridized carbons (Fsp3) is 0.500. The first kappa shape index (κ1) is 17.4. The molecule has 8 heteroatoms. The molecule has 1 aliphatic heterocycles. The lowest BCUT2D eigenvalue weighted by molar-refractivity contribution is 0.307. The highest BCUT2D eigenvalue weighted by atomic mass is 32.2. The van der Waals surface area contributed by atoms with E-state index in [1.807, 2.05) is 29.8 Å². The Hall–Kier alpha value is -1.38. The maximum atomic E-state index is 11.8. The number of piperidine rings is 1. The van der Waals surface area contributed by atoms with E-state index < -0.39 is 10.0 Å². The molecule has 0 unspecified atom stereocenters. The van der Waals surface area contributed by atoms with Crippen LogP contribution >= 0.6 is 11.8 Å². The molecular formula is C16H22N4O2S2. The van der Waals surface area contributed by atoms with Crippen molar-refractivity contribution in [1.29, 1.82) is 0 Å². The molecule has 2 aromatic rings. The van der Waals surface area contributed by atoms with E-state index in [4.69, 9.17) is 0 Å². The van der Waals surface area contributed by atoms with Crippen molar-refractivity contribution in [2.45, 2.75) is 29.7 Å². The zero-order valence-electron chi connectivity index (χ0n) is 13.9. The van der Waals surface area contributed by atoms with Gasteiger partial charge in [0.05, 0.1) is 6.26 Å². The van der Waals surface area contributed by atoms with Crippen molar-refractivity contribution in [2.75, 3.05) is 19.3 Å². The molecule has 3 rings (SSSR count). The first-order valence-corrected chi connectivity index (χ1v) is 10.8. The second kappa shape index (κ2) is 7.25. The van der Waals surface area contributed by atoms with Gasteiger partial charge in [0.25, 0.3) is 0 Å². The number of aromatic nitrogens is 3. The summed E-state index contributed by atoms with van der Waals surface area (Å²) in [4.78, 5) is 0. The maximum Gasteiger partial charge on any atom is 0.211 e. The van der Waals surface area contributed by atoms with E-state index in [0.29, 0.717) is 13.1 Å². The molecular weight excluding hydrogens is 344 g/mol. The summed E-state index contributed by atoms with van der Waals surface area (Å²) in [6, 6.07) is 10.2. The van der Waals surface area contributed by atoms with Crippen LogP contribution in [0.5, 0.6) is 0 Å². The number of sulfonamides is 1. The monoisotopic (exact) mass is 366 g/mol. The van der Waals surface area contributed by atoms with Crippen LogP contribution in [-0.4, -0.2) is 46.8 Å². The van der Waals surface area contributed by atoms with Gasteiger partial charge in [0.1, 0.15) is 5.82 Å². The average molecular weight is 367 g/mol. The summed E-state index contributed by atoms with van der Waals surface area (Å²) < 4.78 is 27.1. The third-order valence-corrected chi connectivity index (χ3v) is 6.66. The molecule has 1 fully saturated rings. The van der Waals surface area contributed by atoms with Gasteiger partial charge in [0.15, 0.2) is 5.16 Å². The lowest BCUT2D eigenvalue weighted by Gasteiger charge is -2.30. The van der Waals surface area contributed by atoms with Gasteiger partial charge in [-0.1, -0.05) is 42.1 Å². The molecule has 0 N–H and O–H groups in total. The minimum Gasteiger partial charge on any atom is -0.309 e. The molecule has 1 saturated heterocycles. The molecule has 0 aliphatic carbocycles. The van der Waals surface area contributed by atoms with Crippen LogP contribution < -0.4 is 0 Å². The molecule has 1 aromatic heterocycles. The Kier molecular flexibility index (Phi) is 5.27. The van der Waals surface area contributed by atoms with Gasteiger partial charge in [-0.2, -0.15) is 0 Å². The fourth-order valence-electron chi connectivity index (χ4n) is 2.98. The molecule has 0 radical (unpaired) electrons. The van der Waals surface area contributed by atoms with Crippen molar-refractivity contribution < 1.29 is 8.42 Å². The summed E-state index contributed by atoms with van der Waals surface area (Å²) in [5.74, 6) is 1.82. The van der Waals surface area contributed by atoms with Crippen LogP contribution in [0.25, 0.3) is 0 Å². The third kappa shape index (κ3) is 3.99. The van der Waals surface area contributed by atoms with Crippen LogP contribution in [0.15, 0.2) is 35.5 Å². The predicted molar refractivity (Wildman–Crippen MR) is 95.4 cm³/mol. The SMILES string of the molecule is Cn1c(SCc2ccccc2)nnc1[C@H]1CCCN(S(C)(=O)=O)C1. The number of hydrogen-bond donors (Lipinski definition) is 0. The molecule has 130 valence electrons. The van der Waals surface area contributed by atoms with Gasteiger partial charge in [-0.3, -0.25) is 0 Å². The molecule has 1 atom stereocenters. The Morgan fingerprint density at radius 1 is 1.25 bits per heavy atom. The number of nitrogens with zero attached hydrogens (tertiary/aromatic N) is 4. The normalized spacial score (nSPS) is 19.5. The fourth-order valence-corrected chi connectivity index (χ4v) is 4.77. The predicted octanol–water partition coefficient (Wildman–Crippen LogP) is 2.25. The van der Waals surface area contributed by atoms with Crippen LogP contribution in [0.1, 0.15) is 30.1 Å². The number of benzene rings is 1. The van der Waals surface area contributed by atoms with Crippen LogP contribution in [0.4, 0.5) is 0 Å². The first-order chi connectivity index (χ1) is 11.4. The van der Waals surface area contributed by atoms with Gasteiger partial charge in [-0.05, 0) is 18.4 Å². The smallest absolute Gasteiger partial charge is 0.211 e. The van der Waals surface area contributed by atoms with E-state index in [1.54, 1.807) is 16.1 Å². The van der Waals surface area contributed by atoms with E-state index in [2.05, 4.69) is 22.3 Å². The minimum absolute atomic E-state index is 0.108. The molecule has 0 spiro atoms. The Bertz CT molecular complexity index is 790. The van der Waals surface area contributed by atoms with E-state index in [0.717, 1.165) is 29.6 Å².